The molecule has 0 aromatic heterocycles. The van der Waals surface area contributed by atoms with Crippen LogP contribution in [0.3, 0.4) is 0 Å². The molecular weight excluding hydrogens is 408 g/mol. The van der Waals surface area contributed by atoms with Gasteiger partial charge in [0.1, 0.15) is 17.2 Å². The first kappa shape index (κ1) is 21.2. The van der Waals surface area contributed by atoms with Crippen molar-refractivity contribution in [3.63, 3.8) is 0 Å². The maximum absolute atomic E-state index is 12.4. The molecule has 7 heteroatoms. The minimum atomic E-state index is -0.607. The summed E-state index contributed by atoms with van der Waals surface area (Å²) in [6.07, 6.45) is 0.320. The summed E-state index contributed by atoms with van der Waals surface area (Å²) < 4.78 is 16.7. The Morgan fingerprint density at radius 2 is 1.41 bits per heavy atom. The first-order valence-corrected chi connectivity index (χ1v) is 10.5. The van der Waals surface area contributed by atoms with Crippen LogP contribution in [0.5, 0.6) is 17.2 Å². The number of nitrogens with one attached hydrogen (secondary N) is 2. The fourth-order valence-corrected chi connectivity index (χ4v) is 3.37. The standard InChI is InChI=1S/C25H24N2O5/c28-24(26-16-18-8-3-1-4-9-18)31-20-14-22-21(12-7-13-30-22)23(15-20)32-25(29)27-17-19-10-5-2-6-11-19/h1-6,8-11,14-15H,7,12-13,16-17H2,(H,26,28)(H,27,29). The predicted octanol–water partition coefficient (Wildman–Crippen LogP) is 4.59. The third kappa shape index (κ3) is 5.78. The van der Waals surface area contributed by atoms with E-state index in [-0.39, 0.29) is 5.75 Å². The number of carbonyl (C=O) groups excluding carboxylic acids is 2. The third-order valence-electron chi connectivity index (χ3n) is 4.94. The molecule has 1 aliphatic heterocycles. The van der Waals surface area contributed by atoms with Crippen LogP contribution in [0.4, 0.5) is 9.59 Å². The van der Waals surface area contributed by atoms with Crippen molar-refractivity contribution in [2.45, 2.75) is 25.9 Å². The van der Waals surface area contributed by atoms with E-state index in [2.05, 4.69) is 10.6 Å². The summed E-state index contributed by atoms with van der Waals surface area (Å²) >= 11 is 0. The molecule has 0 radical (unpaired) electrons. The molecular formula is C25H24N2O5. The average Bonchev–Trinajstić information content (AvgIpc) is 2.83. The van der Waals surface area contributed by atoms with Crippen molar-refractivity contribution in [1.29, 1.82) is 0 Å². The van der Waals surface area contributed by atoms with Crippen molar-refractivity contribution >= 4 is 12.2 Å². The van der Waals surface area contributed by atoms with E-state index in [0.29, 0.717) is 37.6 Å². The number of hydrogen-bond acceptors (Lipinski definition) is 5. The number of carbonyl (C=O) groups is 2. The van der Waals surface area contributed by atoms with Crippen LogP contribution in [-0.4, -0.2) is 18.8 Å². The zero-order valence-corrected chi connectivity index (χ0v) is 17.5. The molecule has 3 aromatic carbocycles. The van der Waals surface area contributed by atoms with Crippen LogP contribution in [0.2, 0.25) is 0 Å². The highest BCUT2D eigenvalue weighted by Crippen LogP contribution is 2.37. The van der Waals surface area contributed by atoms with Gasteiger partial charge in [-0.15, -0.1) is 0 Å². The molecule has 0 unspecified atom stereocenters. The number of benzene rings is 3. The van der Waals surface area contributed by atoms with Crippen LogP contribution in [0, 0.1) is 0 Å². The molecule has 0 saturated carbocycles. The fourth-order valence-electron chi connectivity index (χ4n) is 3.37. The van der Waals surface area contributed by atoms with Gasteiger partial charge < -0.3 is 24.8 Å². The van der Waals surface area contributed by atoms with Gasteiger partial charge in [0, 0.05) is 30.8 Å². The quantitative estimate of drug-likeness (QED) is 0.595. The van der Waals surface area contributed by atoms with Crippen molar-refractivity contribution in [1.82, 2.24) is 10.6 Å². The van der Waals surface area contributed by atoms with Gasteiger partial charge in [0.15, 0.2) is 0 Å². The van der Waals surface area contributed by atoms with E-state index in [1.165, 1.54) is 6.07 Å². The summed E-state index contributed by atoms with van der Waals surface area (Å²) in [6, 6.07) is 22.3. The van der Waals surface area contributed by atoms with E-state index in [1.807, 2.05) is 60.7 Å². The summed E-state index contributed by atoms with van der Waals surface area (Å²) in [5.41, 5.74) is 2.70. The van der Waals surface area contributed by atoms with Gasteiger partial charge in [-0.2, -0.15) is 0 Å². The van der Waals surface area contributed by atoms with Gasteiger partial charge in [0.25, 0.3) is 0 Å². The molecule has 3 aromatic rings. The predicted molar refractivity (Wildman–Crippen MR) is 119 cm³/mol. The second-order valence-corrected chi connectivity index (χ2v) is 7.31. The van der Waals surface area contributed by atoms with Gasteiger partial charge in [-0.1, -0.05) is 60.7 Å². The minimum absolute atomic E-state index is 0.238. The summed E-state index contributed by atoms with van der Waals surface area (Å²) in [5.74, 6) is 1.11. The van der Waals surface area contributed by atoms with E-state index in [9.17, 15) is 9.59 Å². The highest BCUT2D eigenvalue weighted by Gasteiger charge is 2.21. The molecule has 0 bridgehead atoms. The molecule has 0 aliphatic carbocycles. The number of fused-ring (bicyclic) bond motifs is 1. The monoisotopic (exact) mass is 432 g/mol. The van der Waals surface area contributed by atoms with Crippen molar-refractivity contribution in [2.24, 2.45) is 0 Å². The molecule has 0 spiro atoms. The molecule has 2 amide bonds. The molecule has 32 heavy (non-hydrogen) atoms. The number of amides is 2. The minimum Gasteiger partial charge on any atom is -0.493 e. The normalized spacial score (nSPS) is 12.1. The van der Waals surface area contributed by atoms with E-state index in [4.69, 9.17) is 14.2 Å². The number of ether oxygens (including phenoxy) is 3. The van der Waals surface area contributed by atoms with Gasteiger partial charge in [0.2, 0.25) is 0 Å². The van der Waals surface area contributed by atoms with Crippen molar-refractivity contribution in [2.75, 3.05) is 6.61 Å². The second-order valence-electron chi connectivity index (χ2n) is 7.31. The molecule has 0 atom stereocenters. The van der Waals surface area contributed by atoms with E-state index in [0.717, 1.165) is 23.1 Å². The molecule has 7 nitrogen and oxygen atoms in total. The Labute approximate surface area is 186 Å². The van der Waals surface area contributed by atoms with Crippen LogP contribution in [0.15, 0.2) is 72.8 Å². The molecule has 2 N–H and O–H groups in total. The van der Waals surface area contributed by atoms with Crippen molar-refractivity contribution in [3.05, 3.63) is 89.5 Å². The SMILES string of the molecule is O=C(NCc1ccccc1)Oc1cc2c(c(OC(=O)NCc3ccccc3)c1)CCCO2. The van der Waals surface area contributed by atoms with Crippen LogP contribution < -0.4 is 24.8 Å². The highest BCUT2D eigenvalue weighted by atomic mass is 16.6. The van der Waals surface area contributed by atoms with Gasteiger partial charge in [-0.25, -0.2) is 9.59 Å². The summed E-state index contributed by atoms with van der Waals surface area (Å²) in [7, 11) is 0. The van der Waals surface area contributed by atoms with Crippen LogP contribution in [0.25, 0.3) is 0 Å². The number of rotatable bonds is 6. The Morgan fingerprint density at radius 3 is 2.03 bits per heavy atom. The van der Waals surface area contributed by atoms with Crippen LogP contribution in [0.1, 0.15) is 23.1 Å². The maximum atomic E-state index is 12.4. The van der Waals surface area contributed by atoms with E-state index in [1.54, 1.807) is 6.07 Å². The summed E-state index contributed by atoms with van der Waals surface area (Å²) in [6.45, 7) is 1.24. The molecule has 4 rings (SSSR count). The Bertz CT molecular complexity index is 1070. The van der Waals surface area contributed by atoms with Crippen LogP contribution in [-0.2, 0) is 19.5 Å². The van der Waals surface area contributed by atoms with Crippen LogP contribution >= 0.6 is 0 Å². The lowest BCUT2D eigenvalue weighted by Crippen LogP contribution is -2.27. The molecule has 1 heterocycles. The second kappa shape index (κ2) is 10.3. The fraction of sp³-hybridized carbons (Fsp3) is 0.200. The van der Waals surface area contributed by atoms with Crippen molar-refractivity contribution < 1.29 is 23.8 Å². The van der Waals surface area contributed by atoms with Gasteiger partial charge in [-0.3, -0.25) is 0 Å². The van der Waals surface area contributed by atoms with E-state index >= 15 is 0 Å². The molecule has 0 saturated heterocycles. The summed E-state index contributed by atoms with van der Waals surface area (Å²) in [5, 5.41) is 5.44. The lowest BCUT2D eigenvalue weighted by atomic mass is 10.0. The van der Waals surface area contributed by atoms with Gasteiger partial charge >= 0.3 is 12.2 Å². The Kier molecular flexibility index (Phi) is 6.87. The Hall–Kier alpha value is -4.00. The number of hydrogen-bond donors (Lipinski definition) is 2. The van der Waals surface area contributed by atoms with Gasteiger partial charge in [0.05, 0.1) is 6.61 Å². The smallest absolute Gasteiger partial charge is 0.412 e. The first-order chi connectivity index (χ1) is 15.7. The molecule has 0 fully saturated rings. The highest BCUT2D eigenvalue weighted by molar-refractivity contribution is 5.73. The zero-order chi connectivity index (χ0) is 22.2. The zero-order valence-electron chi connectivity index (χ0n) is 17.5. The van der Waals surface area contributed by atoms with Crippen molar-refractivity contribution in [3.8, 4) is 17.2 Å². The first-order valence-electron chi connectivity index (χ1n) is 10.5. The lowest BCUT2D eigenvalue weighted by Gasteiger charge is -2.21. The maximum Gasteiger partial charge on any atom is 0.412 e. The van der Waals surface area contributed by atoms with E-state index < -0.39 is 12.2 Å². The van der Waals surface area contributed by atoms with Gasteiger partial charge in [-0.05, 0) is 24.0 Å². The average molecular weight is 432 g/mol. The summed E-state index contributed by atoms with van der Waals surface area (Å²) in [4.78, 5) is 24.6. The third-order valence-corrected chi connectivity index (χ3v) is 4.94. The largest absolute Gasteiger partial charge is 0.493 e. The molecule has 1 aliphatic rings. The Balaban J connectivity index is 1.41. The lowest BCUT2D eigenvalue weighted by molar-refractivity contribution is 0.196. The Morgan fingerprint density at radius 1 is 0.812 bits per heavy atom. The topological polar surface area (TPSA) is 85.9 Å². The molecule has 164 valence electrons.